The SMILES string of the molecule is CC(CN1CCCC1)NC(=O)c1ccc(N)c(Br)c1. The van der Waals surface area contributed by atoms with Crippen LogP contribution in [0.3, 0.4) is 0 Å². The molecule has 1 aliphatic heterocycles. The number of nitrogens with zero attached hydrogens (tertiary/aromatic N) is 1. The first-order valence-corrected chi connectivity index (χ1v) is 7.44. The number of hydrogen-bond acceptors (Lipinski definition) is 3. The maximum atomic E-state index is 12.1. The molecule has 0 spiro atoms. The molecule has 0 bridgehead atoms. The molecule has 0 saturated carbocycles. The van der Waals surface area contributed by atoms with Crippen molar-refractivity contribution in [3.63, 3.8) is 0 Å². The lowest BCUT2D eigenvalue weighted by Crippen LogP contribution is -2.41. The predicted molar refractivity (Wildman–Crippen MR) is 81.2 cm³/mol. The molecule has 0 aromatic heterocycles. The minimum absolute atomic E-state index is 0.0487. The molecule has 1 saturated heterocycles. The van der Waals surface area contributed by atoms with Crippen LogP contribution >= 0.6 is 15.9 Å². The van der Waals surface area contributed by atoms with E-state index in [1.54, 1.807) is 18.2 Å². The van der Waals surface area contributed by atoms with Gasteiger partial charge in [-0.3, -0.25) is 4.79 Å². The van der Waals surface area contributed by atoms with Crippen LogP contribution in [0.5, 0.6) is 0 Å². The number of benzene rings is 1. The van der Waals surface area contributed by atoms with Gasteiger partial charge in [0.2, 0.25) is 0 Å². The van der Waals surface area contributed by atoms with Gasteiger partial charge in [-0.2, -0.15) is 0 Å². The molecule has 1 atom stereocenters. The second kappa shape index (κ2) is 6.39. The minimum Gasteiger partial charge on any atom is -0.398 e. The van der Waals surface area contributed by atoms with Gasteiger partial charge >= 0.3 is 0 Å². The Hall–Kier alpha value is -1.07. The molecule has 5 heteroatoms. The molecular formula is C14H20BrN3O. The molecule has 1 aromatic carbocycles. The summed E-state index contributed by atoms with van der Waals surface area (Å²) in [6.45, 7) is 5.26. The van der Waals surface area contributed by atoms with Crippen molar-refractivity contribution < 1.29 is 4.79 Å². The monoisotopic (exact) mass is 325 g/mol. The van der Waals surface area contributed by atoms with E-state index in [0.29, 0.717) is 11.3 Å². The fourth-order valence-electron chi connectivity index (χ4n) is 2.37. The summed E-state index contributed by atoms with van der Waals surface area (Å²) in [6.07, 6.45) is 2.54. The zero-order valence-electron chi connectivity index (χ0n) is 11.2. The van der Waals surface area contributed by atoms with E-state index in [-0.39, 0.29) is 11.9 Å². The number of nitrogens with two attached hydrogens (primary N) is 1. The molecule has 19 heavy (non-hydrogen) atoms. The fourth-order valence-corrected chi connectivity index (χ4v) is 2.75. The summed E-state index contributed by atoms with van der Waals surface area (Å²) in [5.74, 6) is -0.0487. The molecule has 1 unspecified atom stereocenters. The number of anilines is 1. The van der Waals surface area contributed by atoms with Crippen molar-refractivity contribution >= 4 is 27.5 Å². The Kier molecular flexibility index (Phi) is 4.82. The Morgan fingerprint density at radius 1 is 1.47 bits per heavy atom. The maximum absolute atomic E-state index is 12.1. The summed E-state index contributed by atoms with van der Waals surface area (Å²) < 4.78 is 0.757. The van der Waals surface area contributed by atoms with Crippen molar-refractivity contribution in [1.29, 1.82) is 0 Å². The van der Waals surface area contributed by atoms with E-state index < -0.39 is 0 Å². The number of halogens is 1. The van der Waals surface area contributed by atoms with Gasteiger partial charge in [-0.15, -0.1) is 0 Å². The fraction of sp³-hybridized carbons (Fsp3) is 0.500. The zero-order chi connectivity index (χ0) is 13.8. The maximum Gasteiger partial charge on any atom is 0.251 e. The smallest absolute Gasteiger partial charge is 0.251 e. The van der Waals surface area contributed by atoms with Crippen LogP contribution in [0.1, 0.15) is 30.1 Å². The van der Waals surface area contributed by atoms with Gasteiger partial charge in [0.1, 0.15) is 0 Å². The molecule has 1 fully saturated rings. The number of rotatable bonds is 4. The first kappa shape index (κ1) is 14.3. The van der Waals surface area contributed by atoms with E-state index in [1.165, 1.54) is 12.8 Å². The van der Waals surface area contributed by atoms with E-state index in [4.69, 9.17) is 5.73 Å². The standard InChI is InChI=1S/C14H20BrN3O/c1-10(9-18-6-2-3-7-18)17-14(19)11-4-5-13(16)12(15)8-11/h4-5,8,10H,2-3,6-7,9,16H2,1H3,(H,17,19). The molecule has 104 valence electrons. The molecule has 2 rings (SSSR count). The van der Waals surface area contributed by atoms with Crippen LogP contribution in [-0.4, -0.2) is 36.5 Å². The number of carbonyl (C=O) groups is 1. The van der Waals surface area contributed by atoms with Crippen molar-refractivity contribution in [2.45, 2.75) is 25.8 Å². The van der Waals surface area contributed by atoms with Crippen LogP contribution in [0.4, 0.5) is 5.69 Å². The van der Waals surface area contributed by atoms with Gasteiger partial charge in [-0.05, 0) is 67.0 Å². The molecule has 0 radical (unpaired) electrons. The van der Waals surface area contributed by atoms with Gasteiger partial charge in [0.25, 0.3) is 5.91 Å². The van der Waals surface area contributed by atoms with Gasteiger partial charge in [-0.1, -0.05) is 0 Å². The quantitative estimate of drug-likeness (QED) is 0.835. The van der Waals surface area contributed by atoms with Crippen molar-refractivity contribution in [3.8, 4) is 0 Å². The summed E-state index contributed by atoms with van der Waals surface area (Å²) in [4.78, 5) is 14.5. The van der Waals surface area contributed by atoms with Gasteiger partial charge < -0.3 is 16.0 Å². The van der Waals surface area contributed by atoms with Gasteiger partial charge in [0, 0.05) is 28.3 Å². The lowest BCUT2D eigenvalue weighted by atomic mass is 10.2. The lowest BCUT2D eigenvalue weighted by molar-refractivity contribution is 0.0932. The highest BCUT2D eigenvalue weighted by molar-refractivity contribution is 9.10. The summed E-state index contributed by atoms with van der Waals surface area (Å²) >= 11 is 3.34. The lowest BCUT2D eigenvalue weighted by Gasteiger charge is -2.21. The first-order valence-electron chi connectivity index (χ1n) is 6.64. The summed E-state index contributed by atoms with van der Waals surface area (Å²) in [5, 5.41) is 3.03. The van der Waals surface area contributed by atoms with Crippen molar-refractivity contribution in [2.75, 3.05) is 25.4 Å². The highest BCUT2D eigenvalue weighted by Gasteiger charge is 2.16. The molecule has 1 aliphatic rings. The van der Waals surface area contributed by atoms with E-state index in [2.05, 4.69) is 26.1 Å². The number of hydrogen-bond donors (Lipinski definition) is 2. The first-order chi connectivity index (χ1) is 9.06. The Morgan fingerprint density at radius 2 is 2.16 bits per heavy atom. The summed E-state index contributed by atoms with van der Waals surface area (Å²) in [6, 6.07) is 5.40. The molecule has 4 nitrogen and oxygen atoms in total. The van der Waals surface area contributed by atoms with Crippen LogP contribution in [0.25, 0.3) is 0 Å². The summed E-state index contributed by atoms with van der Waals surface area (Å²) in [5.41, 5.74) is 6.99. The Labute approximate surface area is 122 Å². The average molecular weight is 326 g/mol. The molecule has 1 amide bonds. The third-order valence-electron chi connectivity index (χ3n) is 3.37. The van der Waals surface area contributed by atoms with E-state index in [1.807, 2.05) is 6.92 Å². The number of amides is 1. The van der Waals surface area contributed by atoms with Crippen LogP contribution in [-0.2, 0) is 0 Å². The number of nitrogens with one attached hydrogen (secondary N) is 1. The Bertz CT molecular complexity index is 458. The molecule has 3 N–H and O–H groups in total. The topological polar surface area (TPSA) is 58.4 Å². The van der Waals surface area contributed by atoms with Gasteiger partial charge in [0.15, 0.2) is 0 Å². The van der Waals surface area contributed by atoms with Gasteiger partial charge in [-0.25, -0.2) is 0 Å². The average Bonchev–Trinajstić information content (AvgIpc) is 2.85. The van der Waals surface area contributed by atoms with E-state index >= 15 is 0 Å². The number of likely N-dealkylation sites (tertiary alicyclic amines) is 1. The molecule has 1 heterocycles. The van der Waals surface area contributed by atoms with Gasteiger partial charge in [0.05, 0.1) is 0 Å². The molecular weight excluding hydrogens is 306 g/mol. The largest absolute Gasteiger partial charge is 0.398 e. The Morgan fingerprint density at radius 3 is 2.79 bits per heavy atom. The second-order valence-corrected chi connectivity index (χ2v) is 5.97. The predicted octanol–water partition coefficient (Wildman–Crippen LogP) is 2.25. The van der Waals surface area contributed by atoms with Crippen molar-refractivity contribution in [2.24, 2.45) is 0 Å². The highest BCUT2D eigenvalue weighted by Crippen LogP contribution is 2.20. The zero-order valence-corrected chi connectivity index (χ0v) is 12.7. The number of nitrogen functional groups attached to an aromatic ring is 1. The summed E-state index contributed by atoms with van der Waals surface area (Å²) in [7, 11) is 0. The van der Waals surface area contributed by atoms with Crippen LogP contribution < -0.4 is 11.1 Å². The Balaban J connectivity index is 1.90. The van der Waals surface area contributed by atoms with Crippen LogP contribution in [0, 0.1) is 0 Å². The van der Waals surface area contributed by atoms with E-state index in [9.17, 15) is 4.79 Å². The normalized spacial score (nSPS) is 17.4. The van der Waals surface area contributed by atoms with E-state index in [0.717, 1.165) is 24.1 Å². The minimum atomic E-state index is -0.0487. The van der Waals surface area contributed by atoms with Crippen LogP contribution in [0.2, 0.25) is 0 Å². The second-order valence-electron chi connectivity index (χ2n) is 5.12. The molecule has 0 aliphatic carbocycles. The molecule has 1 aromatic rings. The van der Waals surface area contributed by atoms with Crippen LogP contribution in [0.15, 0.2) is 22.7 Å². The number of carbonyl (C=O) groups excluding carboxylic acids is 1. The van der Waals surface area contributed by atoms with Crippen molar-refractivity contribution in [3.05, 3.63) is 28.2 Å². The highest BCUT2D eigenvalue weighted by atomic mass is 79.9. The third-order valence-corrected chi connectivity index (χ3v) is 4.06. The third kappa shape index (κ3) is 3.94. The van der Waals surface area contributed by atoms with Crippen molar-refractivity contribution in [1.82, 2.24) is 10.2 Å².